The van der Waals surface area contributed by atoms with Gasteiger partial charge in [-0.25, -0.2) is 0 Å². The lowest BCUT2D eigenvalue weighted by Gasteiger charge is -2.05. The number of carbonyl (C=O) groups is 1. The number of benzene rings is 1. The van der Waals surface area contributed by atoms with Crippen molar-refractivity contribution in [3.05, 3.63) is 40.7 Å². The van der Waals surface area contributed by atoms with Gasteiger partial charge in [0, 0.05) is 17.0 Å². The van der Waals surface area contributed by atoms with Crippen molar-refractivity contribution >= 4 is 23.2 Å². The van der Waals surface area contributed by atoms with Gasteiger partial charge >= 0.3 is 0 Å². The van der Waals surface area contributed by atoms with Gasteiger partial charge in [-0.05, 0) is 31.0 Å². The maximum absolute atomic E-state index is 11.9. The summed E-state index contributed by atoms with van der Waals surface area (Å²) in [5.74, 6) is 0.644. The van der Waals surface area contributed by atoms with Gasteiger partial charge in [-0.15, -0.1) is 0 Å². The van der Waals surface area contributed by atoms with Gasteiger partial charge in [0.2, 0.25) is 0 Å². The number of phenols is 1. The molecule has 1 saturated carbocycles. The molecule has 0 saturated heterocycles. The molecule has 0 radical (unpaired) electrons. The van der Waals surface area contributed by atoms with Gasteiger partial charge in [-0.2, -0.15) is 0 Å². The Labute approximate surface area is 114 Å². The van der Waals surface area contributed by atoms with Crippen molar-refractivity contribution < 1.29 is 14.4 Å². The molecule has 0 bridgehead atoms. The quantitative estimate of drug-likeness (QED) is 0.846. The third-order valence-electron chi connectivity index (χ3n) is 2.95. The average Bonchev–Trinajstić information content (AvgIpc) is 3.11. The Morgan fingerprint density at radius 2 is 2.21 bits per heavy atom. The molecule has 2 aromatic rings. The molecular formula is C13H11ClN2O3. The largest absolute Gasteiger partial charge is 0.506 e. The van der Waals surface area contributed by atoms with Crippen LogP contribution in [-0.2, 0) is 0 Å². The molecule has 19 heavy (non-hydrogen) atoms. The van der Waals surface area contributed by atoms with E-state index >= 15 is 0 Å². The van der Waals surface area contributed by atoms with E-state index in [1.54, 1.807) is 6.07 Å². The fraction of sp³-hybridized carbons (Fsp3) is 0.231. The van der Waals surface area contributed by atoms with Crippen LogP contribution in [0.15, 0.2) is 28.8 Å². The molecule has 2 N–H and O–H groups in total. The van der Waals surface area contributed by atoms with E-state index in [0.29, 0.717) is 10.9 Å². The number of anilines is 1. The molecule has 0 spiro atoms. The molecular weight excluding hydrogens is 268 g/mol. The van der Waals surface area contributed by atoms with Gasteiger partial charge in [0.15, 0.2) is 5.69 Å². The lowest BCUT2D eigenvalue weighted by molar-refractivity contribution is 0.101. The highest BCUT2D eigenvalue weighted by molar-refractivity contribution is 6.31. The number of nitrogens with zero attached hydrogens (tertiary/aromatic N) is 1. The first-order valence-corrected chi connectivity index (χ1v) is 6.28. The van der Waals surface area contributed by atoms with Crippen LogP contribution in [0.3, 0.4) is 0 Å². The third-order valence-corrected chi connectivity index (χ3v) is 3.18. The van der Waals surface area contributed by atoms with E-state index in [1.165, 1.54) is 18.2 Å². The number of carbonyl (C=O) groups excluding carboxylic acids is 1. The van der Waals surface area contributed by atoms with Crippen molar-refractivity contribution in [2.45, 2.75) is 18.8 Å². The molecule has 3 rings (SSSR count). The normalized spacial score (nSPS) is 14.4. The first-order chi connectivity index (χ1) is 9.13. The number of amides is 1. The summed E-state index contributed by atoms with van der Waals surface area (Å²) in [5.41, 5.74) is 0.440. The predicted molar refractivity (Wildman–Crippen MR) is 69.5 cm³/mol. The van der Waals surface area contributed by atoms with E-state index in [2.05, 4.69) is 10.5 Å². The number of nitrogens with one attached hydrogen (secondary N) is 1. The Morgan fingerprint density at radius 1 is 1.42 bits per heavy atom. The van der Waals surface area contributed by atoms with Crippen LogP contribution in [0.5, 0.6) is 5.75 Å². The first-order valence-electron chi connectivity index (χ1n) is 5.90. The minimum atomic E-state index is -0.437. The molecule has 6 heteroatoms. The Morgan fingerprint density at radius 3 is 2.95 bits per heavy atom. The summed E-state index contributed by atoms with van der Waals surface area (Å²) >= 11 is 5.80. The van der Waals surface area contributed by atoms with E-state index in [0.717, 1.165) is 18.6 Å². The predicted octanol–water partition coefficient (Wildman–Crippen LogP) is 3.16. The molecule has 1 aliphatic carbocycles. The number of halogens is 1. The molecule has 0 unspecified atom stereocenters. The van der Waals surface area contributed by atoms with Gasteiger partial charge in [0.25, 0.3) is 5.91 Å². The second kappa shape index (κ2) is 4.59. The van der Waals surface area contributed by atoms with Crippen LogP contribution in [0.4, 0.5) is 5.69 Å². The molecule has 1 aromatic heterocycles. The van der Waals surface area contributed by atoms with E-state index in [9.17, 15) is 9.90 Å². The van der Waals surface area contributed by atoms with Crippen molar-refractivity contribution in [3.63, 3.8) is 0 Å². The number of aromatic nitrogens is 1. The Balaban J connectivity index is 1.77. The van der Waals surface area contributed by atoms with Crippen molar-refractivity contribution in [1.82, 2.24) is 5.16 Å². The highest BCUT2D eigenvalue weighted by atomic mass is 35.5. The van der Waals surface area contributed by atoms with Gasteiger partial charge in [-0.3, -0.25) is 4.79 Å². The molecule has 1 amide bonds. The number of phenolic OH excluding ortho intramolecular Hbond substituents is 1. The topological polar surface area (TPSA) is 75.4 Å². The monoisotopic (exact) mass is 278 g/mol. The smallest absolute Gasteiger partial charge is 0.277 e. The minimum absolute atomic E-state index is 0.0522. The van der Waals surface area contributed by atoms with E-state index in [4.69, 9.17) is 16.1 Å². The molecule has 1 aliphatic rings. The fourth-order valence-electron chi connectivity index (χ4n) is 1.75. The van der Waals surface area contributed by atoms with Gasteiger partial charge in [-0.1, -0.05) is 16.8 Å². The van der Waals surface area contributed by atoms with Gasteiger partial charge < -0.3 is 14.9 Å². The first kappa shape index (κ1) is 12.0. The zero-order chi connectivity index (χ0) is 13.4. The Hall–Kier alpha value is -2.01. The average molecular weight is 279 g/mol. The second-order valence-electron chi connectivity index (χ2n) is 4.50. The summed E-state index contributed by atoms with van der Waals surface area (Å²) in [7, 11) is 0. The number of hydrogen-bond donors (Lipinski definition) is 2. The second-order valence-corrected chi connectivity index (χ2v) is 4.94. The summed E-state index contributed by atoms with van der Waals surface area (Å²) in [6.45, 7) is 0. The minimum Gasteiger partial charge on any atom is -0.506 e. The standard InChI is InChI=1S/C13H11ClN2O3/c14-8-3-4-11(17)9(5-8)15-13(18)10-6-12(19-16-10)7-1-2-7/h3-7,17H,1-2H2,(H,15,18). The van der Waals surface area contributed by atoms with Crippen molar-refractivity contribution in [2.24, 2.45) is 0 Å². The third kappa shape index (κ3) is 2.56. The number of aromatic hydroxyl groups is 1. The van der Waals surface area contributed by atoms with Crippen molar-refractivity contribution in [3.8, 4) is 5.75 Å². The molecule has 1 aromatic carbocycles. The van der Waals surface area contributed by atoms with Crippen LogP contribution >= 0.6 is 11.6 Å². The van der Waals surface area contributed by atoms with E-state index < -0.39 is 5.91 Å². The molecule has 0 aliphatic heterocycles. The maximum atomic E-state index is 11.9. The van der Waals surface area contributed by atoms with E-state index in [-0.39, 0.29) is 17.1 Å². The molecule has 98 valence electrons. The number of hydrogen-bond acceptors (Lipinski definition) is 4. The molecule has 5 nitrogen and oxygen atoms in total. The highest BCUT2D eigenvalue weighted by Gasteiger charge is 2.29. The van der Waals surface area contributed by atoms with Crippen LogP contribution in [0.2, 0.25) is 5.02 Å². The highest BCUT2D eigenvalue weighted by Crippen LogP contribution is 2.40. The maximum Gasteiger partial charge on any atom is 0.277 e. The number of rotatable bonds is 3. The zero-order valence-electron chi connectivity index (χ0n) is 9.89. The molecule has 1 fully saturated rings. The van der Waals surface area contributed by atoms with Crippen LogP contribution in [-0.4, -0.2) is 16.2 Å². The lowest BCUT2D eigenvalue weighted by Crippen LogP contribution is -2.12. The molecule has 1 heterocycles. The van der Waals surface area contributed by atoms with Gasteiger partial charge in [0.05, 0.1) is 5.69 Å². The Kier molecular flexibility index (Phi) is 2.91. The van der Waals surface area contributed by atoms with Crippen LogP contribution in [0.1, 0.15) is 35.0 Å². The lowest BCUT2D eigenvalue weighted by atomic mass is 10.2. The summed E-state index contributed by atoms with van der Waals surface area (Å²) < 4.78 is 5.10. The van der Waals surface area contributed by atoms with Crippen molar-refractivity contribution in [1.29, 1.82) is 0 Å². The summed E-state index contributed by atoms with van der Waals surface area (Å²) in [6, 6.07) is 6.05. The fourth-order valence-corrected chi connectivity index (χ4v) is 1.92. The summed E-state index contributed by atoms with van der Waals surface area (Å²) in [4.78, 5) is 11.9. The van der Waals surface area contributed by atoms with Crippen LogP contribution < -0.4 is 5.32 Å². The zero-order valence-corrected chi connectivity index (χ0v) is 10.6. The van der Waals surface area contributed by atoms with Crippen LogP contribution in [0, 0.1) is 0 Å². The van der Waals surface area contributed by atoms with Gasteiger partial charge in [0.1, 0.15) is 11.5 Å². The summed E-state index contributed by atoms with van der Waals surface area (Å²) in [5, 5.41) is 16.3. The summed E-state index contributed by atoms with van der Waals surface area (Å²) in [6.07, 6.45) is 2.15. The van der Waals surface area contributed by atoms with Crippen LogP contribution in [0.25, 0.3) is 0 Å². The Bertz CT molecular complexity index is 635. The van der Waals surface area contributed by atoms with E-state index in [1.807, 2.05) is 0 Å². The molecule has 0 atom stereocenters. The van der Waals surface area contributed by atoms with Crippen molar-refractivity contribution in [2.75, 3.05) is 5.32 Å². The SMILES string of the molecule is O=C(Nc1cc(Cl)ccc1O)c1cc(C2CC2)on1.